The number of anilines is 1. The van der Waals surface area contributed by atoms with E-state index in [1.165, 1.54) is 31.6 Å². The first-order chi connectivity index (χ1) is 14.2. The van der Waals surface area contributed by atoms with E-state index in [9.17, 15) is 9.18 Å². The molecule has 2 aromatic carbocycles. The standard InChI is InChI=1S/C21H20FN3O4/c1-27-17-8-9-19(28-2)15(10-17)13-25(20(26)11-22)18-12-23-14-24-21(18)29-16-6-4-3-5-7-16/h3-10,12,14H,11,13H2,1-2H3/i22-1. The van der Waals surface area contributed by atoms with Gasteiger partial charge in [-0.15, -0.1) is 0 Å². The van der Waals surface area contributed by atoms with Crippen molar-refractivity contribution >= 4 is 11.6 Å². The predicted octanol–water partition coefficient (Wildman–Crippen LogP) is 3.79. The second-order valence-corrected chi connectivity index (χ2v) is 5.92. The Morgan fingerprint density at radius 3 is 2.55 bits per heavy atom. The van der Waals surface area contributed by atoms with Gasteiger partial charge in [0.25, 0.3) is 5.91 Å². The highest BCUT2D eigenvalue weighted by Crippen LogP contribution is 2.33. The molecule has 0 aliphatic heterocycles. The monoisotopic (exact) mass is 396 g/mol. The summed E-state index contributed by atoms with van der Waals surface area (Å²) in [6.45, 7) is -1.17. The number of carbonyl (C=O) groups excluding carboxylic acids is 1. The maximum atomic E-state index is 13.4. The minimum absolute atomic E-state index is 0.0155. The van der Waals surface area contributed by atoms with Crippen LogP contribution in [0.1, 0.15) is 5.56 Å². The number of halogens is 1. The second-order valence-electron chi connectivity index (χ2n) is 5.92. The number of rotatable bonds is 8. The first-order valence-corrected chi connectivity index (χ1v) is 8.76. The average molecular weight is 396 g/mol. The zero-order valence-corrected chi connectivity index (χ0v) is 16.0. The summed E-state index contributed by atoms with van der Waals surface area (Å²) in [5.74, 6) is 1.01. The van der Waals surface area contributed by atoms with Gasteiger partial charge in [-0.05, 0) is 30.3 Å². The summed E-state index contributed by atoms with van der Waals surface area (Å²) in [4.78, 5) is 21.8. The van der Waals surface area contributed by atoms with E-state index in [1.807, 2.05) is 18.2 Å². The Morgan fingerprint density at radius 1 is 1.07 bits per heavy atom. The molecule has 29 heavy (non-hydrogen) atoms. The van der Waals surface area contributed by atoms with Gasteiger partial charge in [-0.25, -0.2) is 9.37 Å². The van der Waals surface area contributed by atoms with Crippen molar-refractivity contribution in [1.29, 1.82) is 0 Å². The van der Waals surface area contributed by atoms with Crippen LogP contribution in [-0.4, -0.2) is 36.8 Å². The van der Waals surface area contributed by atoms with E-state index in [0.717, 1.165) is 0 Å². The predicted molar refractivity (Wildman–Crippen MR) is 105 cm³/mol. The fourth-order valence-electron chi connectivity index (χ4n) is 2.73. The molecular weight excluding hydrogens is 376 g/mol. The number of alkyl halides is 1. The number of benzene rings is 2. The summed E-state index contributed by atoms with van der Waals surface area (Å²) >= 11 is 0. The van der Waals surface area contributed by atoms with E-state index in [2.05, 4.69) is 9.97 Å². The second kappa shape index (κ2) is 9.50. The number of nitrogens with zero attached hydrogens (tertiary/aromatic N) is 3. The van der Waals surface area contributed by atoms with Crippen molar-refractivity contribution in [3.63, 3.8) is 0 Å². The molecule has 0 aliphatic rings. The molecule has 0 unspecified atom stereocenters. The topological polar surface area (TPSA) is 73.8 Å². The molecule has 0 atom stereocenters. The molecule has 3 rings (SSSR count). The molecule has 8 heteroatoms. The summed E-state index contributed by atoms with van der Waals surface area (Å²) < 4.78 is 29.8. The highest BCUT2D eigenvalue weighted by molar-refractivity contribution is 5.95. The van der Waals surface area contributed by atoms with Gasteiger partial charge in [-0.3, -0.25) is 9.69 Å². The molecule has 0 bridgehead atoms. The minimum atomic E-state index is -1.19. The molecule has 0 fully saturated rings. The molecule has 0 spiro atoms. The number of aromatic nitrogens is 2. The highest BCUT2D eigenvalue weighted by Gasteiger charge is 2.23. The van der Waals surface area contributed by atoms with Crippen LogP contribution in [0.3, 0.4) is 0 Å². The normalized spacial score (nSPS) is 10.3. The lowest BCUT2D eigenvalue weighted by atomic mass is 10.1. The Hall–Kier alpha value is -3.68. The molecule has 7 nitrogen and oxygen atoms in total. The van der Waals surface area contributed by atoms with E-state index >= 15 is 0 Å². The Morgan fingerprint density at radius 2 is 1.86 bits per heavy atom. The number of amides is 1. The molecule has 3 aromatic rings. The van der Waals surface area contributed by atoms with Gasteiger partial charge < -0.3 is 14.2 Å². The van der Waals surface area contributed by atoms with Crippen LogP contribution in [0, 0.1) is 0 Å². The van der Waals surface area contributed by atoms with Crippen molar-refractivity contribution in [1.82, 2.24) is 9.97 Å². The van der Waals surface area contributed by atoms with E-state index in [1.54, 1.807) is 30.3 Å². The Bertz CT molecular complexity index is 969. The molecule has 1 amide bonds. The molecule has 150 valence electrons. The van der Waals surface area contributed by atoms with Crippen LogP contribution < -0.4 is 19.1 Å². The van der Waals surface area contributed by atoms with Gasteiger partial charge in [-0.2, -0.15) is 4.98 Å². The quantitative estimate of drug-likeness (QED) is 0.577. The summed E-state index contributed by atoms with van der Waals surface area (Å²) in [5.41, 5.74) is 0.868. The van der Waals surface area contributed by atoms with Gasteiger partial charge in [0.1, 0.15) is 29.3 Å². The van der Waals surface area contributed by atoms with E-state index in [-0.39, 0.29) is 18.1 Å². The maximum Gasteiger partial charge on any atom is 0.258 e. The van der Waals surface area contributed by atoms with Gasteiger partial charge in [0.15, 0.2) is 6.67 Å². The third-order valence-electron chi connectivity index (χ3n) is 4.14. The van der Waals surface area contributed by atoms with Gasteiger partial charge in [0, 0.05) is 5.56 Å². The van der Waals surface area contributed by atoms with Gasteiger partial charge in [0.2, 0.25) is 5.88 Å². The Balaban J connectivity index is 2.00. The van der Waals surface area contributed by atoms with Crippen LogP contribution in [0.25, 0.3) is 0 Å². The van der Waals surface area contributed by atoms with Crippen molar-refractivity contribution < 1.29 is 23.4 Å². The van der Waals surface area contributed by atoms with Gasteiger partial charge >= 0.3 is 0 Å². The summed E-state index contributed by atoms with van der Waals surface area (Å²) in [5, 5.41) is 0. The molecule has 0 radical (unpaired) electrons. The smallest absolute Gasteiger partial charge is 0.258 e. The number of methoxy groups -OCH3 is 2. The van der Waals surface area contributed by atoms with Crippen molar-refractivity contribution in [2.45, 2.75) is 6.54 Å². The van der Waals surface area contributed by atoms with E-state index in [4.69, 9.17) is 14.2 Å². The third kappa shape index (κ3) is 4.78. The fourth-order valence-corrected chi connectivity index (χ4v) is 2.73. The molecular formula is C21H20FN3O4. The highest BCUT2D eigenvalue weighted by atomic mass is 18.2. The van der Waals surface area contributed by atoms with Crippen molar-refractivity contribution in [3.05, 3.63) is 66.6 Å². The number of para-hydroxylation sites is 1. The van der Waals surface area contributed by atoms with Crippen LogP contribution in [0.4, 0.5) is 10.1 Å². The molecule has 1 heterocycles. The van der Waals surface area contributed by atoms with Crippen LogP contribution in [0.2, 0.25) is 0 Å². The van der Waals surface area contributed by atoms with Crippen LogP contribution in [0.5, 0.6) is 23.1 Å². The maximum absolute atomic E-state index is 13.4. The Kier molecular flexibility index (Phi) is 6.57. The van der Waals surface area contributed by atoms with Crippen LogP contribution >= 0.6 is 0 Å². The van der Waals surface area contributed by atoms with Gasteiger partial charge in [-0.1, -0.05) is 18.2 Å². The Labute approximate surface area is 167 Å². The molecule has 1 aromatic heterocycles. The largest absolute Gasteiger partial charge is 0.497 e. The van der Waals surface area contributed by atoms with Crippen molar-refractivity contribution in [3.8, 4) is 23.1 Å². The number of ether oxygens (including phenoxy) is 3. The minimum Gasteiger partial charge on any atom is -0.497 e. The molecule has 0 N–H and O–H groups in total. The molecule has 0 saturated carbocycles. The summed E-state index contributed by atoms with van der Waals surface area (Å²) in [6, 6.07) is 14.1. The number of carbonyl (C=O) groups is 1. The lowest BCUT2D eigenvalue weighted by Crippen LogP contribution is -2.32. The summed E-state index contributed by atoms with van der Waals surface area (Å²) in [7, 11) is 3.05. The first-order valence-electron chi connectivity index (χ1n) is 8.76. The van der Waals surface area contributed by atoms with E-state index < -0.39 is 12.6 Å². The van der Waals surface area contributed by atoms with Crippen LogP contribution in [-0.2, 0) is 11.3 Å². The van der Waals surface area contributed by atoms with Gasteiger partial charge in [0.05, 0.1) is 27.0 Å². The average Bonchev–Trinajstić information content (AvgIpc) is 2.78. The zero-order valence-electron chi connectivity index (χ0n) is 16.0. The summed E-state index contributed by atoms with van der Waals surface area (Å²) in [6.07, 6.45) is 2.71. The number of hydrogen-bond donors (Lipinski definition) is 0. The fraction of sp³-hybridized carbons (Fsp3) is 0.190. The van der Waals surface area contributed by atoms with Crippen molar-refractivity contribution in [2.24, 2.45) is 0 Å². The molecule has 0 saturated heterocycles. The van der Waals surface area contributed by atoms with Crippen molar-refractivity contribution in [2.75, 3.05) is 25.8 Å². The lowest BCUT2D eigenvalue weighted by Gasteiger charge is -2.24. The first kappa shape index (κ1) is 20.1. The van der Waals surface area contributed by atoms with Crippen LogP contribution in [0.15, 0.2) is 61.1 Å². The SMILES string of the molecule is COc1ccc(OC)c(CN(C(=O)C[18F])c2cncnc2Oc2ccccc2)c1. The van der Waals surface area contributed by atoms with E-state index in [0.29, 0.717) is 22.8 Å². The third-order valence-corrected chi connectivity index (χ3v) is 4.14. The molecule has 0 aliphatic carbocycles. The number of hydrogen-bond acceptors (Lipinski definition) is 6. The lowest BCUT2D eigenvalue weighted by molar-refractivity contribution is -0.119. The zero-order chi connectivity index (χ0) is 20.6.